The topological polar surface area (TPSA) is 131 Å². The van der Waals surface area contributed by atoms with Crippen molar-refractivity contribution in [1.82, 2.24) is 10.6 Å². The Kier molecular flexibility index (Phi) is 6.68. The van der Waals surface area contributed by atoms with Gasteiger partial charge in [-0.15, -0.1) is 0 Å². The first-order valence-corrected chi connectivity index (χ1v) is 9.66. The van der Waals surface area contributed by atoms with Crippen molar-refractivity contribution in [3.05, 3.63) is 53.6 Å². The van der Waals surface area contributed by atoms with Crippen LogP contribution in [0.3, 0.4) is 0 Å². The van der Waals surface area contributed by atoms with E-state index in [4.69, 9.17) is 10.5 Å². The summed E-state index contributed by atoms with van der Waals surface area (Å²) in [5.41, 5.74) is 9.21. The van der Waals surface area contributed by atoms with Crippen LogP contribution in [0.4, 0.5) is 0 Å². The van der Waals surface area contributed by atoms with E-state index in [2.05, 4.69) is 10.6 Å². The molecule has 0 aromatic heterocycles. The number of nitrogens with one attached hydrogen (secondary N) is 2. The number of fused-ring (bicyclic) bond motifs is 5. The van der Waals surface area contributed by atoms with E-state index in [0.29, 0.717) is 12.0 Å². The molecule has 5 N–H and O–H groups in total. The normalized spacial score (nSPS) is 19.7. The zero-order valence-corrected chi connectivity index (χ0v) is 16.7. The molecule has 4 bridgehead atoms. The monoisotopic (exact) mass is 411 g/mol. The maximum absolute atomic E-state index is 12.3. The molecule has 2 aromatic rings. The lowest BCUT2D eigenvalue weighted by Crippen LogP contribution is -2.48. The van der Waals surface area contributed by atoms with Crippen LogP contribution in [0.2, 0.25) is 0 Å². The fourth-order valence-electron chi connectivity index (χ4n) is 3.46. The number of hydrogen-bond donors (Lipinski definition) is 4. The van der Waals surface area contributed by atoms with E-state index in [0.717, 1.165) is 16.7 Å². The number of esters is 1. The minimum atomic E-state index is -0.929. The number of phenols is 1. The summed E-state index contributed by atoms with van der Waals surface area (Å²) in [5.74, 6) is -1.32. The van der Waals surface area contributed by atoms with Crippen LogP contribution in [0.15, 0.2) is 42.5 Å². The van der Waals surface area contributed by atoms with Crippen molar-refractivity contribution in [3.8, 4) is 16.9 Å². The molecule has 0 aliphatic carbocycles. The first-order chi connectivity index (χ1) is 14.4. The summed E-state index contributed by atoms with van der Waals surface area (Å²) in [6.45, 7) is -0.268. The fraction of sp³-hybridized carbons (Fsp3) is 0.318. The average Bonchev–Trinajstić information content (AvgIpc) is 2.73. The molecule has 0 spiro atoms. The molecule has 0 fully saturated rings. The quantitative estimate of drug-likeness (QED) is 0.537. The van der Waals surface area contributed by atoms with Gasteiger partial charge in [0.1, 0.15) is 5.75 Å². The van der Waals surface area contributed by atoms with E-state index in [1.54, 1.807) is 18.2 Å². The van der Waals surface area contributed by atoms with E-state index in [1.807, 2.05) is 24.3 Å². The smallest absolute Gasteiger partial charge is 0.307 e. The Morgan fingerprint density at radius 1 is 1.17 bits per heavy atom. The van der Waals surface area contributed by atoms with Gasteiger partial charge in [-0.1, -0.05) is 30.3 Å². The van der Waals surface area contributed by atoms with Crippen LogP contribution < -0.4 is 16.4 Å². The number of methoxy groups -OCH3 is 1. The van der Waals surface area contributed by atoms with Gasteiger partial charge in [0.05, 0.1) is 26.1 Å². The van der Waals surface area contributed by atoms with Gasteiger partial charge in [0.2, 0.25) is 11.8 Å². The van der Waals surface area contributed by atoms with Gasteiger partial charge in [-0.05, 0) is 40.8 Å². The van der Waals surface area contributed by atoms with E-state index in [9.17, 15) is 19.5 Å². The summed E-state index contributed by atoms with van der Waals surface area (Å²) in [7, 11) is 1.29. The lowest BCUT2D eigenvalue weighted by molar-refractivity contribution is -0.141. The summed E-state index contributed by atoms with van der Waals surface area (Å²) in [6.07, 6.45) is 0.536. The minimum absolute atomic E-state index is 0.00326. The standard InChI is InChI=1S/C22H25N3O5/c1-30-21(28)11-17-8-13-3-2-4-14(7-13)15-5-6-19(26)16(9-15)10-18(23)22(29)24-12-20(27)25-17/h2-7,9,17-18,26H,8,10-12,23H2,1H3,(H,24,29)(H,25,27). The minimum Gasteiger partial charge on any atom is -0.508 e. The second-order valence-electron chi connectivity index (χ2n) is 7.32. The van der Waals surface area contributed by atoms with Crippen molar-refractivity contribution in [2.24, 2.45) is 5.73 Å². The Bertz CT molecular complexity index is 960. The number of rotatable bonds is 2. The highest BCUT2D eigenvalue weighted by molar-refractivity contribution is 5.88. The van der Waals surface area contributed by atoms with Gasteiger partial charge in [-0.3, -0.25) is 14.4 Å². The van der Waals surface area contributed by atoms with Gasteiger partial charge in [-0.2, -0.15) is 0 Å². The largest absolute Gasteiger partial charge is 0.508 e. The first-order valence-electron chi connectivity index (χ1n) is 9.66. The molecule has 30 heavy (non-hydrogen) atoms. The summed E-state index contributed by atoms with van der Waals surface area (Å²) in [5, 5.41) is 15.5. The second kappa shape index (κ2) is 9.41. The summed E-state index contributed by atoms with van der Waals surface area (Å²) < 4.78 is 4.74. The zero-order chi connectivity index (χ0) is 21.7. The van der Waals surface area contributed by atoms with Gasteiger partial charge in [0.25, 0.3) is 0 Å². The van der Waals surface area contributed by atoms with Gasteiger partial charge < -0.3 is 26.2 Å². The molecular weight excluding hydrogens is 386 g/mol. The molecule has 1 aliphatic rings. The van der Waals surface area contributed by atoms with Crippen LogP contribution in [-0.2, 0) is 32.0 Å². The number of nitrogens with two attached hydrogens (primary N) is 1. The van der Waals surface area contributed by atoms with Crippen molar-refractivity contribution in [3.63, 3.8) is 0 Å². The van der Waals surface area contributed by atoms with Crippen LogP contribution in [-0.4, -0.2) is 48.6 Å². The molecule has 2 unspecified atom stereocenters. The third-order valence-electron chi connectivity index (χ3n) is 5.03. The summed E-state index contributed by atoms with van der Waals surface area (Å²) >= 11 is 0. The number of benzene rings is 2. The lowest BCUT2D eigenvalue weighted by Gasteiger charge is -2.19. The third-order valence-corrected chi connectivity index (χ3v) is 5.03. The van der Waals surface area contributed by atoms with Crippen molar-refractivity contribution in [1.29, 1.82) is 0 Å². The molecule has 8 nitrogen and oxygen atoms in total. The van der Waals surface area contributed by atoms with Gasteiger partial charge in [-0.25, -0.2) is 0 Å². The van der Waals surface area contributed by atoms with Crippen LogP contribution in [0.1, 0.15) is 17.5 Å². The molecule has 158 valence electrons. The molecule has 0 saturated heterocycles. The number of carbonyl (C=O) groups is 3. The highest BCUT2D eigenvalue weighted by Gasteiger charge is 2.21. The third kappa shape index (κ3) is 5.36. The molecule has 0 saturated carbocycles. The molecule has 2 aromatic carbocycles. The zero-order valence-electron chi connectivity index (χ0n) is 16.7. The maximum Gasteiger partial charge on any atom is 0.307 e. The molecule has 2 amide bonds. The number of hydrogen-bond acceptors (Lipinski definition) is 6. The highest BCUT2D eigenvalue weighted by Crippen LogP contribution is 2.28. The van der Waals surface area contributed by atoms with Crippen LogP contribution in [0.5, 0.6) is 5.75 Å². The number of carbonyl (C=O) groups excluding carboxylic acids is 3. The van der Waals surface area contributed by atoms with Crippen LogP contribution in [0, 0.1) is 0 Å². The predicted octanol–water partition coefficient (Wildman–Crippen LogP) is 0.649. The lowest BCUT2D eigenvalue weighted by atomic mass is 9.95. The molecule has 1 aliphatic heterocycles. The molecule has 2 atom stereocenters. The van der Waals surface area contributed by atoms with E-state index < -0.39 is 29.9 Å². The van der Waals surface area contributed by atoms with E-state index in [1.165, 1.54) is 7.11 Å². The summed E-state index contributed by atoms with van der Waals surface area (Å²) in [4.78, 5) is 36.4. The van der Waals surface area contributed by atoms with Gasteiger partial charge >= 0.3 is 5.97 Å². The van der Waals surface area contributed by atoms with Crippen molar-refractivity contribution in [2.75, 3.05) is 13.7 Å². The van der Waals surface area contributed by atoms with Crippen molar-refractivity contribution < 1.29 is 24.2 Å². The fourth-order valence-corrected chi connectivity index (χ4v) is 3.46. The van der Waals surface area contributed by atoms with Crippen LogP contribution in [0.25, 0.3) is 11.1 Å². The Hall–Kier alpha value is -3.39. The van der Waals surface area contributed by atoms with Gasteiger partial charge in [0.15, 0.2) is 0 Å². The highest BCUT2D eigenvalue weighted by atomic mass is 16.5. The maximum atomic E-state index is 12.3. The predicted molar refractivity (Wildman–Crippen MR) is 110 cm³/mol. The number of ether oxygens (including phenoxy) is 1. The summed E-state index contributed by atoms with van der Waals surface area (Å²) in [6, 6.07) is 11.4. The Balaban J connectivity index is 1.99. The second-order valence-corrected chi connectivity index (χ2v) is 7.32. The number of phenolic OH excluding ortho intramolecular Hbond substituents is 1. The Morgan fingerprint density at radius 2 is 1.93 bits per heavy atom. The van der Waals surface area contributed by atoms with Crippen molar-refractivity contribution in [2.45, 2.75) is 31.3 Å². The molecule has 3 rings (SSSR count). The Morgan fingerprint density at radius 3 is 2.70 bits per heavy atom. The van der Waals surface area contributed by atoms with Crippen LogP contribution >= 0.6 is 0 Å². The Labute approximate surface area is 174 Å². The average molecular weight is 411 g/mol. The SMILES string of the molecule is COC(=O)CC1Cc2cccc(c2)-c2ccc(O)c(c2)CC(N)C(=O)NCC(=O)N1. The number of aromatic hydroxyl groups is 1. The van der Waals surface area contributed by atoms with Gasteiger partial charge in [0, 0.05) is 12.5 Å². The van der Waals surface area contributed by atoms with E-state index >= 15 is 0 Å². The first kappa shape index (κ1) is 21.3. The molecule has 8 heteroatoms. The van der Waals surface area contributed by atoms with Crippen molar-refractivity contribution >= 4 is 17.8 Å². The molecular formula is C22H25N3O5. The molecule has 0 radical (unpaired) electrons. The molecule has 1 heterocycles. The van der Waals surface area contributed by atoms with E-state index in [-0.39, 0.29) is 25.1 Å². The number of amides is 2.